The van der Waals surface area contributed by atoms with Gasteiger partial charge in [-0.3, -0.25) is 20.1 Å². The van der Waals surface area contributed by atoms with Gasteiger partial charge in [0.2, 0.25) is 5.91 Å². The molecule has 0 bridgehead atoms. The van der Waals surface area contributed by atoms with Crippen molar-refractivity contribution < 1.29 is 9.53 Å². The van der Waals surface area contributed by atoms with Crippen molar-refractivity contribution in [1.82, 2.24) is 20.1 Å². The van der Waals surface area contributed by atoms with E-state index in [9.17, 15) is 4.79 Å². The minimum Gasteiger partial charge on any atom is -0.479 e. The summed E-state index contributed by atoms with van der Waals surface area (Å²) in [5, 5.41) is 12.1. The largest absolute Gasteiger partial charge is 0.479 e. The minimum absolute atomic E-state index is 0.0585. The highest BCUT2D eigenvalue weighted by atomic mass is 35.5. The molecular formula is C22H23ClN6O2. The number of nitrogens with one attached hydrogen (secondary N) is 1. The summed E-state index contributed by atoms with van der Waals surface area (Å²) in [4.78, 5) is 17.4. The van der Waals surface area contributed by atoms with Gasteiger partial charge in [0.05, 0.1) is 17.8 Å². The van der Waals surface area contributed by atoms with Gasteiger partial charge >= 0.3 is 0 Å². The lowest BCUT2D eigenvalue weighted by Crippen LogP contribution is -2.25. The minimum atomic E-state index is -0.510. The van der Waals surface area contributed by atoms with Gasteiger partial charge in [0.15, 0.2) is 5.82 Å². The summed E-state index contributed by atoms with van der Waals surface area (Å²) >= 11 is 6.11. The van der Waals surface area contributed by atoms with E-state index in [2.05, 4.69) is 15.5 Å². The Morgan fingerprint density at radius 1 is 1.23 bits per heavy atom. The van der Waals surface area contributed by atoms with E-state index < -0.39 is 6.04 Å². The van der Waals surface area contributed by atoms with Gasteiger partial charge in [0.1, 0.15) is 24.3 Å². The molecule has 0 fully saturated rings. The average Bonchev–Trinajstić information content (AvgIpc) is 3.07. The summed E-state index contributed by atoms with van der Waals surface area (Å²) in [5.74, 6) is 1.84. The molecule has 9 heteroatoms. The van der Waals surface area contributed by atoms with Crippen LogP contribution in [0.1, 0.15) is 42.2 Å². The summed E-state index contributed by atoms with van der Waals surface area (Å²) in [5.41, 5.74) is 8.85. The van der Waals surface area contributed by atoms with Crippen LogP contribution in [0.2, 0.25) is 5.02 Å². The van der Waals surface area contributed by atoms with Crippen molar-refractivity contribution in [3.63, 3.8) is 0 Å². The first-order valence-corrected chi connectivity index (χ1v) is 10.4. The number of amides is 1. The van der Waals surface area contributed by atoms with Crippen LogP contribution in [0.4, 0.5) is 0 Å². The monoisotopic (exact) mass is 438 g/mol. The van der Waals surface area contributed by atoms with Crippen molar-refractivity contribution in [2.24, 2.45) is 10.7 Å². The standard InChI is InChI=1S/C22H23ClN6O2/c1-3-25-20(30)11-18-22-28-27-13(2)29(22)19-9-8-16(31-12-24)10-17(19)21(26-18)14-4-6-15(23)7-5-14/h4-10,18H,3,11-12,24H2,1-2H3,(H,25,30)/t18-/m0/s1. The highest BCUT2D eigenvalue weighted by Crippen LogP contribution is 2.34. The molecule has 2 aromatic carbocycles. The molecule has 0 radical (unpaired) electrons. The second kappa shape index (κ2) is 8.87. The van der Waals surface area contributed by atoms with Crippen molar-refractivity contribution in [1.29, 1.82) is 0 Å². The van der Waals surface area contributed by atoms with E-state index in [1.165, 1.54) is 0 Å². The molecule has 31 heavy (non-hydrogen) atoms. The number of rotatable bonds is 6. The van der Waals surface area contributed by atoms with Gasteiger partial charge < -0.3 is 10.1 Å². The zero-order chi connectivity index (χ0) is 22.0. The van der Waals surface area contributed by atoms with Crippen molar-refractivity contribution in [3.05, 3.63) is 70.3 Å². The molecule has 3 N–H and O–H groups in total. The second-order valence-electron chi connectivity index (χ2n) is 7.09. The Morgan fingerprint density at radius 3 is 2.71 bits per heavy atom. The molecule has 0 saturated heterocycles. The molecule has 3 aromatic rings. The maximum atomic E-state index is 12.5. The SMILES string of the molecule is CCNC(=O)C[C@@H]1N=C(c2ccc(Cl)cc2)c2cc(OCN)ccc2-n2c(C)nnc21. The molecule has 8 nitrogen and oxygen atoms in total. The van der Waals surface area contributed by atoms with Gasteiger partial charge in [-0.25, -0.2) is 0 Å². The van der Waals surface area contributed by atoms with E-state index in [-0.39, 0.29) is 19.1 Å². The third-order valence-corrected chi connectivity index (χ3v) is 5.27. The first-order valence-electron chi connectivity index (χ1n) is 10.0. The average molecular weight is 439 g/mol. The normalized spacial score (nSPS) is 14.8. The number of aryl methyl sites for hydroxylation is 1. The molecule has 1 aliphatic rings. The maximum Gasteiger partial charge on any atom is 0.222 e. The molecule has 0 saturated carbocycles. The van der Waals surface area contributed by atoms with Crippen molar-refractivity contribution in [3.8, 4) is 11.4 Å². The molecule has 1 atom stereocenters. The molecule has 2 heterocycles. The van der Waals surface area contributed by atoms with Crippen LogP contribution < -0.4 is 15.8 Å². The molecular weight excluding hydrogens is 416 g/mol. The number of aromatic nitrogens is 3. The summed E-state index contributed by atoms with van der Waals surface area (Å²) in [7, 11) is 0. The Morgan fingerprint density at radius 2 is 2.00 bits per heavy atom. The second-order valence-corrected chi connectivity index (χ2v) is 7.53. The Hall–Kier alpha value is -3.23. The fourth-order valence-corrected chi connectivity index (χ4v) is 3.81. The summed E-state index contributed by atoms with van der Waals surface area (Å²) in [6.45, 7) is 4.36. The number of carbonyl (C=O) groups excluding carboxylic acids is 1. The van der Waals surface area contributed by atoms with E-state index in [0.29, 0.717) is 34.7 Å². The number of fused-ring (bicyclic) bond motifs is 3. The van der Waals surface area contributed by atoms with Gasteiger partial charge in [0.25, 0.3) is 0 Å². The predicted octanol–water partition coefficient (Wildman–Crippen LogP) is 2.94. The number of nitrogens with zero attached hydrogens (tertiary/aromatic N) is 4. The molecule has 1 amide bonds. The Balaban J connectivity index is 1.94. The number of benzene rings is 2. The van der Waals surface area contributed by atoms with Crippen molar-refractivity contribution >= 4 is 23.2 Å². The first kappa shape index (κ1) is 21.0. The fourth-order valence-electron chi connectivity index (χ4n) is 3.68. The first-order chi connectivity index (χ1) is 15.0. The Kier molecular flexibility index (Phi) is 6.01. The van der Waals surface area contributed by atoms with Crippen LogP contribution in [0, 0.1) is 6.92 Å². The topological polar surface area (TPSA) is 107 Å². The molecule has 0 aliphatic carbocycles. The summed E-state index contributed by atoms with van der Waals surface area (Å²) in [6.07, 6.45) is 0.156. The number of ether oxygens (including phenoxy) is 1. The zero-order valence-electron chi connectivity index (χ0n) is 17.3. The van der Waals surface area contributed by atoms with Crippen LogP contribution in [0.3, 0.4) is 0 Å². The number of carbonyl (C=O) groups is 1. The van der Waals surface area contributed by atoms with Crippen molar-refractivity contribution in [2.45, 2.75) is 26.3 Å². The zero-order valence-corrected chi connectivity index (χ0v) is 18.1. The number of hydrogen-bond acceptors (Lipinski definition) is 6. The number of aliphatic imine (C=N–C) groups is 1. The van der Waals surface area contributed by atoms with Gasteiger partial charge in [-0.2, -0.15) is 0 Å². The lowest BCUT2D eigenvalue weighted by molar-refractivity contribution is -0.121. The van der Waals surface area contributed by atoms with Crippen LogP contribution in [0.25, 0.3) is 5.69 Å². The van der Waals surface area contributed by atoms with E-state index in [4.69, 9.17) is 27.1 Å². The molecule has 0 unspecified atom stereocenters. The van der Waals surface area contributed by atoms with Gasteiger partial charge in [0, 0.05) is 22.7 Å². The van der Waals surface area contributed by atoms with E-state index in [1.54, 1.807) is 0 Å². The predicted molar refractivity (Wildman–Crippen MR) is 119 cm³/mol. The van der Waals surface area contributed by atoms with Crippen LogP contribution in [-0.4, -0.2) is 39.7 Å². The Bertz CT molecular complexity index is 1140. The van der Waals surface area contributed by atoms with E-state index in [0.717, 1.165) is 16.8 Å². The molecule has 1 aliphatic heterocycles. The maximum absolute atomic E-state index is 12.5. The summed E-state index contributed by atoms with van der Waals surface area (Å²) in [6, 6.07) is 12.6. The van der Waals surface area contributed by atoms with Crippen LogP contribution in [-0.2, 0) is 4.79 Å². The van der Waals surface area contributed by atoms with Crippen LogP contribution >= 0.6 is 11.6 Å². The van der Waals surface area contributed by atoms with E-state index >= 15 is 0 Å². The van der Waals surface area contributed by atoms with Gasteiger partial charge in [-0.1, -0.05) is 23.7 Å². The quantitative estimate of drug-likeness (QED) is 0.575. The Labute approximate surface area is 185 Å². The van der Waals surface area contributed by atoms with Gasteiger partial charge in [-0.15, -0.1) is 10.2 Å². The molecule has 160 valence electrons. The van der Waals surface area contributed by atoms with Crippen LogP contribution in [0.15, 0.2) is 47.5 Å². The van der Waals surface area contributed by atoms with Gasteiger partial charge in [-0.05, 0) is 44.2 Å². The third-order valence-electron chi connectivity index (χ3n) is 5.02. The lowest BCUT2D eigenvalue weighted by Gasteiger charge is -2.14. The molecule has 4 rings (SSSR count). The number of halogens is 1. The highest BCUT2D eigenvalue weighted by molar-refractivity contribution is 6.30. The third kappa shape index (κ3) is 4.17. The summed E-state index contributed by atoms with van der Waals surface area (Å²) < 4.78 is 7.48. The smallest absolute Gasteiger partial charge is 0.222 e. The number of hydrogen-bond donors (Lipinski definition) is 2. The fraction of sp³-hybridized carbons (Fsp3) is 0.273. The highest BCUT2D eigenvalue weighted by Gasteiger charge is 2.29. The molecule has 1 aromatic heterocycles. The number of nitrogens with two attached hydrogens (primary N) is 1. The van der Waals surface area contributed by atoms with Crippen LogP contribution in [0.5, 0.6) is 5.75 Å². The molecule has 0 spiro atoms. The lowest BCUT2D eigenvalue weighted by atomic mass is 10.00. The van der Waals surface area contributed by atoms with Crippen molar-refractivity contribution in [2.75, 3.05) is 13.3 Å². The van der Waals surface area contributed by atoms with E-state index in [1.807, 2.05) is 60.9 Å².